The number of aryl methyl sites for hydroxylation is 1. The summed E-state index contributed by atoms with van der Waals surface area (Å²) in [5.74, 6) is -0.713. The van der Waals surface area contributed by atoms with Crippen molar-refractivity contribution in [3.8, 4) is 5.75 Å². The van der Waals surface area contributed by atoms with Crippen LogP contribution in [0.5, 0.6) is 5.75 Å². The number of ketones is 1. The third-order valence-corrected chi connectivity index (χ3v) is 6.59. The fraction of sp³-hybridized carbons (Fsp3) is 0.455. The van der Waals surface area contributed by atoms with Gasteiger partial charge in [-0.1, -0.05) is 0 Å². The summed E-state index contributed by atoms with van der Waals surface area (Å²) < 4.78 is 44.5. The van der Waals surface area contributed by atoms with Crippen LogP contribution < -0.4 is 9.46 Å². The first-order valence-electron chi connectivity index (χ1n) is 10.0. The maximum Gasteiger partial charge on any atom is 0.324 e. The van der Waals surface area contributed by atoms with E-state index in [2.05, 4.69) is 4.72 Å². The molecule has 0 saturated heterocycles. The fourth-order valence-corrected chi connectivity index (χ4v) is 4.69. The molecule has 0 amide bonds. The smallest absolute Gasteiger partial charge is 0.324 e. The van der Waals surface area contributed by atoms with Gasteiger partial charge < -0.3 is 18.8 Å². The molecule has 0 aliphatic heterocycles. The largest absolute Gasteiger partial charge is 0.497 e. The van der Waals surface area contributed by atoms with Gasteiger partial charge >= 0.3 is 5.97 Å². The molecular formula is C22H30N2O7S. The molecule has 0 aliphatic carbocycles. The van der Waals surface area contributed by atoms with E-state index in [1.807, 2.05) is 25.3 Å². The predicted octanol–water partition coefficient (Wildman–Crippen LogP) is 2.41. The van der Waals surface area contributed by atoms with Gasteiger partial charge in [0.1, 0.15) is 11.8 Å². The van der Waals surface area contributed by atoms with E-state index >= 15 is 0 Å². The Kier molecular flexibility index (Phi) is 8.59. The highest BCUT2D eigenvalue weighted by Crippen LogP contribution is 2.21. The van der Waals surface area contributed by atoms with Crippen molar-refractivity contribution in [3.63, 3.8) is 0 Å². The molecule has 176 valence electrons. The van der Waals surface area contributed by atoms with Crippen molar-refractivity contribution in [2.24, 2.45) is 0 Å². The average Bonchev–Trinajstić information content (AvgIpc) is 3.05. The third kappa shape index (κ3) is 5.96. The van der Waals surface area contributed by atoms with Crippen molar-refractivity contribution in [1.29, 1.82) is 0 Å². The Morgan fingerprint density at radius 3 is 2.28 bits per heavy atom. The van der Waals surface area contributed by atoms with Crippen LogP contribution in [0.4, 0.5) is 0 Å². The van der Waals surface area contributed by atoms with Crippen molar-refractivity contribution in [3.05, 3.63) is 47.3 Å². The normalized spacial score (nSPS) is 13.4. The second-order valence-corrected chi connectivity index (χ2v) is 9.22. The van der Waals surface area contributed by atoms with Crippen molar-refractivity contribution < 1.29 is 32.2 Å². The van der Waals surface area contributed by atoms with E-state index in [-0.39, 0.29) is 16.7 Å². The first kappa shape index (κ1) is 25.6. The molecule has 0 fully saturated rings. The first-order valence-corrected chi connectivity index (χ1v) is 11.5. The molecule has 0 saturated carbocycles. The van der Waals surface area contributed by atoms with Gasteiger partial charge in [0, 0.05) is 24.1 Å². The summed E-state index contributed by atoms with van der Waals surface area (Å²) >= 11 is 0. The SMILES string of the molecule is COCC(C)n1c(C)cc(C(=O)COC(=O)C(C)NS(=O)(=O)c2ccc(OC)cc2)c1C. The summed E-state index contributed by atoms with van der Waals surface area (Å²) in [6, 6.07) is 6.33. The molecule has 1 N–H and O–H groups in total. The Balaban J connectivity index is 2.01. The fourth-order valence-electron chi connectivity index (χ4n) is 3.50. The topological polar surface area (TPSA) is 113 Å². The van der Waals surface area contributed by atoms with Crippen molar-refractivity contribution in [1.82, 2.24) is 9.29 Å². The number of nitrogens with one attached hydrogen (secondary N) is 1. The van der Waals surface area contributed by atoms with Gasteiger partial charge in [0.25, 0.3) is 0 Å². The number of carbonyl (C=O) groups excluding carboxylic acids is 2. The van der Waals surface area contributed by atoms with Crippen molar-refractivity contribution in [2.45, 2.75) is 44.7 Å². The predicted molar refractivity (Wildman–Crippen MR) is 119 cm³/mol. The summed E-state index contributed by atoms with van der Waals surface area (Å²) in [5.41, 5.74) is 2.09. The number of hydrogen-bond acceptors (Lipinski definition) is 7. The zero-order valence-corrected chi connectivity index (χ0v) is 20.0. The summed E-state index contributed by atoms with van der Waals surface area (Å²) in [7, 11) is -0.868. The molecule has 9 nitrogen and oxygen atoms in total. The molecule has 0 radical (unpaired) electrons. The molecular weight excluding hydrogens is 436 g/mol. The van der Waals surface area contributed by atoms with E-state index in [4.69, 9.17) is 14.2 Å². The highest BCUT2D eigenvalue weighted by molar-refractivity contribution is 7.89. The second-order valence-electron chi connectivity index (χ2n) is 7.51. The number of esters is 1. The summed E-state index contributed by atoms with van der Waals surface area (Å²) in [4.78, 5) is 24.9. The van der Waals surface area contributed by atoms with Crippen LogP contribution in [0.2, 0.25) is 0 Å². The van der Waals surface area contributed by atoms with Gasteiger partial charge in [-0.05, 0) is 58.0 Å². The number of benzene rings is 1. The molecule has 1 heterocycles. The van der Waals surface area contributed by atoms with Crippen LogP contribution in [0.25, 0.3) is 0 Å². The van der Waals surface area contributed by atoms with Crippen LogP contribution in [0.1, 0.15) is 41.6 Å². The van der Waals surface area contributed by atoms with Gasteiger partial charge in [0.05, 0.1) is 24.7 Å². The van der Waals surface area contributed by atoms with Gasteiger partial charge in [0.2, 0.25) is 15.8 Å². The lowest BCUT2D eigenvalue weighted by Crippen LogP contribution is -2.40. The lowest BCUT2D eigenvalue weighted by molar-refractivity contribution is -0.144. The van der Waals surface area contributed by atoms with Gasteiger partial charge in [-0.3, -0.25) is 9.59 Å². The number of sulfonamides is 1. The van der Waals surface area contributed by atoms with Crippen molar-refractivity contribution in [2.75, 3.05) is 27.4 Å². The Hall–Kier alpha value is -2.69. The molecule has 0 aliphatic rings. The lowest BCUT2D eigenvalue weighted by atomic mass is 10.1. The molecule has 32 heavy (non-hydrogen) atoms. The van der Waals surface area contributed by atoms with Gasteiger partial charge in [0.15, 0.2) is 6.61 Å². The Labute approximate surface area is 188 Å². The lowest BCUT2D eigenvalue weighted by Gasteiger charge is -2.17. The zero-order chi connectivity index (χ0) is 24.1. The summed E-state index contributed by atoms with van der Waals surface area (Å²) in [6.45, 7) is 7.04. The van der Waals surface area contributed by atoms with E-state index in [0.717, 1.165) is 11.4 Å². The quantitative estimate of drug-likeness (QED) is 0.400. The number of methoxy groups -OCH3 is 2. The second kappa shape index (κ2) is 10.8. The highest BCUT2D eigenvalue weighted by Gasteiger charge is 2.25. The monoisotopic (exact) mass is 466 g/mol. The molecule has 2 aromatic rings. The molecule has 10 heteroatoms. The zero-order valence-electron chi connectivity index (χ0n) is 19.2. The molecule has 1 aromatic heterocycles. The van der Waals surface area contributed by atoms with E-state index in [1.165, 1.54) is 38.3 Å². The minimum absolute atomic E-state index is 0.0216. The van der Waals surface area contributed by atoms with E-state index in [0.29, 0.717) is 17.9 Å². The van der Waals surface area contributed by atoms with Crippen LogP contribution in [0, 0.1) is 13.8 Å². The minimum atomic E-state index is -3.95. The Morgan fingerprint density at radius 2 is 1.72 bits per heavy atom. The molecule has 2 rings (SSSR count). The van der Waals surface area contributed by atoms with E-state index in [9.17, 15) is 18.0 Å². The maximum absolute atomic E-state index is 12.6. The van der Waals surface area contributed by atoms with E-state index < -0.39 is 28.6 Å². The Bertz CT molecular complexity index is 1060. The number of Topliss-reactive ketones (excluding diaryl/α,β-unsaturated/α-hetero) is 1. The molecule has 1 aromatic carbocycles. The van der Waals surface area contributed by atoms with Crippen LogP contribution in [-0.2, 0) is 24.3 Å². The number of carbonyl (C=O) groups is 2. The Morgan fingerprint density at radius 1 is 1.09 bits per heavy atom. The minimum Gasteiger partial charge on any atom is -0.497 e. The van der Waals surface area contributed by atoms with Crippen LogP contribution >= 0.6 is 0 Å². The molecule has 0 bridgehead atoms. The highest BCUT2D eigenvalue weighted by atomic mass is 32.2. The number of ether oxygens (including phenoxy) is 3. The van der Waals surface area contributed by atoms with Gasteiger partial charge in [-0.2, -0.15) is 4.72 Å². The number of aromatic nitrogens is 1. The molecule has 0 spiro atoms. The van der Waals surface area contributed by atoms with Crippen LogP contribution in [-0.4, -0.2) is 58.2 Å². The summed E-state index contributed by atoms with van der Waals surface area (Å²) in [6.07, 6.45) is 0. The molecule has 2 atom stereocenters. The van der Waals surface area contributed by atoms with Gasteiger partial charge in [-0.15, -0.1) is 0 Å². The third-order valence-electron chi connectivity index (χ3n) is 5.03. The summed E-state index contributed by atoms with van der Waals surface area (Å²) in [5, 5.41) is 0. The number of rotatable bonds is 11. The molecule has 2 unspecified atom stereocenters. The van der Waals surface area contributed by atoms with Crippen molar-refractivity contribution >= 4 is 21.8 Å². The first-order chi connectivity index (χ1) is 15.0. The standard InChI is InChI=1S/C22H30N2O7S/c1-14-11-20(17(4)24(14)15(2)12-29-5)21(25)13-31-22(26)16(3)23-32(27,28)19-9-7-18(30-6)8-10-19/h7-11,15-16,23H,12-13H2,1-6H3. The number of hydrogen-bond donors (Lipinski definition) is 1. The van der Waals surface area contributed by atoms with E-state index in [1.54, 1.807) is 13.2 Å². The van der Waals surface area contributed by atoms with Gasteiger partial charge in [-0.25, -0.2) is 8.42 Å². The van der Waals surface area contributed by atoms with Crippen LogP contribution in [0.3, 0.4) is 0 Å². The van der Waals surface area contributed by atoms with Crippen LogP contribution in [0.15, 0.2) is 35.2 Å². The number of nitrogens with zero attached hydrogens (tertiary/aromatic N) is 1. The maximum atomic E-state index is 12.6. The average molecular weight is 467 g/mol.